The molecule has 0 aliphatic heterocycles. The van der Waals surface area contributed by atoms with Crippen LogP contribution in [0.25, 0.3) is 0 Å². The second-order valence-corrected chi connectivity index (χ2v) is 6.60. The SMILES string of the molecule is CC(C)CCCC(C)NC(N)=NCC(O)c1ccc(Cl)cc1.I. The first-order valence-electron chi connectivity index (χ1n) is 7.88. The molecule has 4 N–H and O–H groups in total. The number of aliphatic imine (C=N–C) groups is 1. The normalized spacial score (nSPS) is 14.3. The summed E-state index contributed by atoms with van der Waals surface area (Å²) in [6, 6.07) is 7.38. The summed E-state index contributed by atoms with van der Waals surface area (Å²) in [6.45, 7) is 6.79. The lowest BCUT2D eigenvalue weighted by molar-refractivity contribution is 0.187. The topological polar surface area (TPSA) is 70.6 Å². The van der Waals surface area contributed by atoms with Crippen molar-refractivity contribution in [2.45, 2.75) is 52.2 Å². The van der Waals surface area contributed by atoms with Crippen LogP contribution in [0.3, 0.4) is 0 Å². The predicted molar refractivity (Wildman–Crippen MR) is 110 cm³/mol. The van der Waals surface area contributed by atoms with E-state index >= 15 is 0 Å². The quantitative estimate of drug-likeness (QED) is 0.315. The smallest absolute Gasteiger partial charge is 0.188 e. The van der Waals surface area contributed by atoms with Crippen LogP contribution in [0.4, 0.5) is 0 Å². The number of hydrogen-bond donors (Lipinski definition) is 3. The van der Waals surface area contributed by atoms with Gasteiger partial charge in [0.25, 0.3) is 0 Å². The van der Waals surface area contributed by atoms with Gasteiger partial charge in [-0.3, -0.25) is 4.99 Å². The van der Waals surface area contributed by atoms with Gasteiger partial charge >= 0.3 is 0 Å². The average Bonchev–Trinajstić information content (AvgIpc) is 2.45. The number of guanidine groups is 1. The van der Waals surface area contributed by atoms with Gasteiger partial charge in [-0.25, -0.2) is 0 Å². The summed E-state index contributed by atoms with van der Waals surface area (Å²) in [7, 11) is 0. The summed E-state index contributed by atoms with van der Waals surface area (Å²) >= 11 is 5.82. The van der Waals surface area contributed by atoms with Crippen molar-refractivity contribution in [2.75, 3.05) is 6.54 Å². The minimum Gasteiger partial charge on any atom is -0.386 e. The fraction of sp³-hybridized carbons (Fsp3) is 0.588. The van der Waals surface area contributed by atoms with Gasteiger partial charge in [-0.05, 0) is 37.0 Å². The van der Waals surface area contributed by atoms with E-state index in [4.69, 9.17) is 17.3 Å². The number of nitrogens with one attached hydrogen (secondary N) is 1. The third kappa shape index (κ3) is 10.0. The largest absolute Gasteiger partial charge is 0.386 e. The maximum absolute atomic E-state index is 10.1. The van der Waals surface area contributed by atoms with Crippen molar-refractivity contribution in [3.05, 3.63) is 34.9 Å². The van der Waals surface area contributed by atoms with Crippen LogP contribution in [0.2, 0.25) is 5.02 Å². The second kappa shape index (κ2) is 11.9. The Kier molecular flexibility index (Phi) is 11.6. The first kappa shape index (κ1) is 22.5. The molecule has 6 heteroatoms. The van der Waals surface area contributed by atoms with Crippen LogP contribution in [0, 0.1) is 5.92 Å². The van der Waals surface area contributed by atoms with Gasteiger partial charge in [0, 0.05) is 11.1 Å². The van der Waals surface area contributed by atoms with E-state index in [1.54, 1.807) is 24.3 Å². The molecule has 0 spiro atoms. The molecule has 0 heterocycles. The molecule has 132 valence electrons. The molecular formula is C17H29ClIN3O. The van der Waals surface area contributed by atoms with Crippen molar-refractivity contribution in [1.82, 2.24) is 5.32 Å². The second-order valence-electron chi connectivity index (χ2n) is 6.16. The molecule has 0 aliphatic rings. The lowest BCUT2D eigenvalue weighted by Crippen LogP contribution is -2.38. The molecule has 23 heavy (non-hydrogen) atoms. The van der Waals surface area contributed by atoms with Crippen LogP contribution in [-0.4, -0.2) is 23.7 Å². The molecule has 0 fully saturated rings. The van der Waals surface area contributed by atoms with Gasteiger partial charge in [-0.1, -0.05) is 50.4 Å². The van der Waals surface area contributed by atoms with Gasteiger partial charge in [0.15, 0.2) is 5.96 Å². The number of rotatable bonds is 8. The number of aliphatic hydroxyl groups excluding tert-OH is 1. The van der Waals surface area contributed by atoms with Crippen LogP contribution in [0.1, 0.15) is 51.7 Å². The Morgan fingerprint density at radius 3 is 2.39 bits per heavy atom. The van der Waals surface area contributed by atoms with Gasteiger partial charge in [0.1, 0.15) is 0 Å². The molecule has 0 amide bonds. The van der Waals surface area contributed by atoms with Crippen molar-refractivity contribution in [3.8, 4) is 0 Å². The molecule has 2 atom stereocenters. The monoisotopic (exact) mass is 453 g/mol. The Hall–Kier alpha value is -0.530. The highest BCUT2D eigenvalue weighted by atomic mass is 127. The zero-order valence-electron chi connectivity index (χ0n) is 14.1. The Bertz CT molecular complexity index is 465. The summed E-state index contributed by atoms with van der Waals surface area (Å²) in [5.74, 6) is 1.11. The zero-order chi connectivity index (χ0) is 16.5. The molecule has 1 rings (SSSR count). The van der Waals surface area contributed by atoms with Crippen LogP contribution in [0.15, 0.2) is 29.3 Å². The van der Waals surface area contributed by atoms with Crippen molar-refractivity contribution in [3.63, 3.8) is 0 Å². The van der Waals surface area contributed by atoms with E-state index in [2.05, 4.69) is 31.1 Å². The number of aliphatic hydroxyl groups is 1. The first-order valence-corrected chi connectivity index (χ1v) is 8.26. The Morgan fingerprint density at radius 1 is 1.22 bits per heavy atom. The van der Waals surface area contributed by atoms with Gasteiger partial charge in [0.2, 0.25) is 0 Å². The van der Waals surface area contributed by atoms with E-state index in [0.717, 1.165) is 17.9 Å². The average molecular weight is 454 g/mol. The van der Waals surface area contributed by atoms with Crippen molar-refractivity contribution < 1.29 is 5.11 Å². The highest BCUT2D eigenvalue weighted by molar-refractivity contribution is 14.0. The predicted octanol–water partition coefficient (Wildman–Crippen LogP) is 4.11. The third-order valence-electron chi connectivity index (χ3n) is 3.50. The maximum Gasteiger partial charge on any atom is 0.188 e. The number of benzene rings is 1. The molecular weight excluding hydrogens is 425 g/mol. The molecule has 0 bridgehead atoms. The number of halogens is 2. The molecule has 0 aliphatic carbocycles. The molecule has 0 aromatic heterocycles. The van der Waals surface area contributed by atoms with E-state index in [9.17, 15) is 5.11 Å². The fourth-order valence-electron chi connectivity index (χ4n) is 2.18. The van der Waals surface area contributed by atoms with E-state index in [-0.39, 0.29) is 36.6 Å². The van der Waals surface area contributed by atoms with Gasteiger partial charge in [-0.2, -0.15) is 0 Å². The number of nitrogens with zero attached hydrogens (tertiary/aromatic N) is 1. The van der Waals surface area contributed by atoms with Crippen LogP contribution in [0.5, 0.6) is 0 Å². The summed E-state index contributed by atoms with van der Waals surface area (Å²) in [6.07, 6.45) is 2.78. The van der Waals surface area contributed by atoms with E-state index in [1.807, 2.05) is 0 Å². The van der Waals surface area contributed by atoms with Crippen molar-refractivity contribution in [1.29, 1.82) is 0 Å². The van der Waals surface area contributed by atoms with E-state index in [0.29, 0.717) is 11.0 Å². The Morgan fingerprint density at radius 2 is 1.83 bits per heavy atom. The molecule has 2 unspecified atom stereocenters. The van der Waals surface area contributed by atoms with Gasteiger partial charge in [0.05, 0.1) is 12.6 Å². The van der Waals surface area contributed by atoms with Crippen LogP contribution >= 0.6 is 35.6 Å². The summed E-state index contributed by atoms with van der Waals surface area (Å²) in [5, 5.41) is 13.9. The molecule has 1 aromatic rings. The Balaban J connectivity index is 0.00000484. The first-order chi connectivity index (χ1) is 10.4. The lowest BCUT2D eigenvalue weighted by atomic mass is 10.0. The third-order valence-corrected chi connectivity index (χ3v) is 3.75. The zero-order valence-corrected chi connectivity index (χ0v) is 17.2. The van der Waals surface area contributed by atoms with Crippen LogP contribution < -0.4 is 11.1 Å². The highest BCUT2D eigenvalue weighted by Crippen LogP contribution is 2.16. The number of nitrogens with two attached hydrogens (primary N) is 1. The van der Waals surface area contributed by atoms with E-state index in [1.165, 1.54) is 12.8 Å². The maximum atomic E-state index is 10.1. The van der Waals surface area contributed by atoms with Gasteiger partial charge < -0.3 is 16.2 Å². The summed E-state index contributed by atoms with van der Waals surface area (Å²) in [4.78, 5) is 4.21. The number of hydrogen-bond acceptors (Lipinski definition) is 2. The minimum atomic E-state index is -0.672. The molecule has 0 radical (unpaired) electrons. The lowest BCUT2D eigenvalue weighted by Gasteiger charge is -2.15. The highest BCUT2D eigenvalue weighted by Gasteiger charge is 2.08. The fourth-order valence-corrected chi connectivity index (χ4v) is 2.30. The molecule has 1 aromatic carbocycles. The van der Waals surface area contributed by atoms with Crippen LogP contribution in [-0.2, 0) is 0 Å². The van der Waals surface area contributed by atoms with Gasteiger partial charge in [-0.15, -0.1) is 24.0 Å². The molecule has 0 saturated carbocycles. The molecule has 0 saturated heterocycles. The standard InChI is InChI=1S/C17H28ClN3O.HI/c1-12(2)5-4-6-13(3)21-17(19)20-11-16(22)14-7-9-15(18)10-8-14;/h7-10,12-13,16,22H,4-6,11H2,1-3H3,(H3,19,20,21);1H. The Labute approximate surface area is 161 Å². The van der Waals surface area contributed by atoms with E-state index < -0.39 is 6.10 Å². The van der Waals surface area contributed by atoms with Crippen molar-refractivity contribution in [2.24, 2.45) is 16.6 Å². The van der Waals surface area contributed by atoms with Crippen molar-refractivity contribution >= 4 is 41.5 Å². The summed E-state index contributed by atoms with van der Waals surface area (Å²) < 4.78 is 0. The minimum absolute atomic E-state index is 0. The summed E-state index contributed by atoms with van der Waals surface area (Å²) in [5.41, 5.74) is 6.65. The molecule has 4 nitrogen and oxygen atoms in total.